The number of sulfone groups is 1. The number of hydrogen-bond donors (Lipinski definition) is 1. The lowest BCUT2D eigenvalue weighted by Gasteiger charge is -2.13. The standard InChI is InChI=1S/C15H16O4S/c1-11(16)14-8-3-4-9-15(14)19-12-6-5-7-13(10-12)20(2,17)18/h3-11,16H,1-2H3/t11-/m0/s1. The van der Waals surface area contributed by atoms with Gasteiger partial charge in [-0.3, -0.25) is 0 Å². The summed E-state index contributed by atoms with van der Waals surface area (Å²) in [7, 11) is -3.27. The van der Waals surface area contributed by atoms with Crippen LogP contribution in [0.3, 0.4) is 0 Å². The SMILES string of the molecule is C[C@H](O)c1ccccc1Oc1cccc(S(C)(=O)=O)c1. The molecule has 2 aromatic rings. The molecule has 0 saturated carbocycles. The summed E-state index contributed by atoms with van der Waals surface area (Å²) >= 11 is 0. The molecule has 0 aliphatic heterocycles. The van der Waals surface area contributed by atoms with E-state index in [0.717, 1.165) is 6.26 Å². The van der Waals surface area contributed by atoms with Crippen LogP contribution in [0.25, 0.3) is 0 Å². The summed E-state index contributed by atoms with van der Waals surface area (Å²) in [5.74, 6) is 0.925. The van der Waals surface area contributed by atoms with Crippen LogP contribution < -0.4 is 4.74 Å². The lowest BCUT2D eigenvalue weighted by Crippen LogP contribution is -1.98. The van der Waals surface area contributed by atoms with Crippen molar-refractivity contribution in [1.29, 1.82) is 0 Å². The van der Waals surface area contributed by atoms with Crippen molar-refractivity contribution in [2.45, 2.75) is 17.9 Å². The van der Waals surface area contributed by atoms with Gasteiger partial charge < -0.3 is 9.84 Å². The molecule has 0 aliphatic carbocycles. The molecule has 20 heavy (non-hydrogen) atoms. The van der Waals surface area contributed by atoms with Gasteiger partial charge in [0, 0.05) is 11.8 Å². The highest BCUT2D eigenvalue weighted by molar-refractivity contribution is 7.90. The average Bonchev–Trinajstić information content (AvgIpc) is 2.38. The largest absolute Gasteiger partial charge is 0.457 e. The molecule has 5 heteroatoms. The third kappa shape index (κ3) is 3.37. The van der Waals surface area contributed by atoms with Gasteiger partial charge in [0.1, 0.15) is 11.5 Å². The summed E-state index contributed by atoms with van der Waals surface area (Å²) in [5.41, 5.74) is 0.650. The second-order valence-corrected chi connectivity index (χ2v) is 6.58. The summed E-state index contributed by atoms with van der Waals surface area (Å²) in [6, 6.07) is 13.4. The molecule has 0 fully saturated rings. The fourth-order valence-corrected chi connectivity index (χ4v) is 2.47. The van der Waals surface area contributed by atoms with Crippen molar-refractivity contribution >= 4 is 9.84 Å². The number of ether oxygens (including phenoxy) is 1. The van der Waals surface area contributed by atoms with E-state index in [-0.39, 0.29) is 4.90 Å². The maximum absolute atomic E-state index is 11.5. The van der Waals surface area contributed by atoms with Crippen molar-refractivity contribution in [3.63, 3.8) is 0 Å². The van der Waals surface area contributed by atoms with Gasteiger partial charge in [0.25, 0.3) is 0 Å². The van der Waals surface area contributed by atoms with Crippen molar-refractivity contribution < 1.29 is 18.3 Å². The van der Waals surface area contributed by atoms with Crippen LogP contribution in [0.15, 0.2) is 53.4 Å². The summed E-state index contributed by atoms with van der Waals surface area (Å²) in [4.78, 5) is 0.199. The molecular formula is C15H16O4S. The zero-order chi connectivity index (χ0) is 14.8. The van der Waals surface area contributed by atoms with Crippen LogP contribution in [0, 0.1) is 0 Å². The fraction of sp³-hybridized carbons (Fsp3) is 0.200. The van der Waals surface area contributed by atoms with E-state index >= 15 is 0 Å². The molecule has 2 rings (SSSR count). The van der Waals surface area contributed by atoms with Crippen molar-refractivity contribution in [2.24, 2.45) is 0 Å². The van der Waals surface area contributed by atoms with E-state index in [2.05, 4.69) is 0 Å². The molecular weight excluding hydrogens is 276 g/mol. The second-order valence-electron chi connectivity index (χ2n) is 4.56. The van der Waals surface area contributed by atoms with E-state index in [1.165, 1.54) is 12.1 Å². The Balaban J connectivity index is 2.36. The van der Waals surface area contributed by atoms with E-state index in [9.17, 15) is 13.5 Å². The van der Waals surface area contributed by atoms with Gasteiger partial charge >= 0.3 is 0 Å². The Morgan fingerprint density at radius 1 is 1.10 bits per heavy atom. The molecule has 0 radical (unpaired) electrons. The summed E-state index contributed by atoms with van der Waals surface area (Å²) in [6.07, 6.45) is 0.486. The minimum atomic E-state index is -3.27. The van der Waals surface area contributed by atoms with Crippen LogP contribution in [-0.4, -0.2) is 19.8 Å². The predicted molar refractivity (Wildman–Crippen MR) is 76.7 cm³/mol. The Hall–Kier alpha value is -1.85. The van der Waals surface area contributed by atoms with E-state index in [4.69, 9.17) is 4.74 Å². The van der Waals surface area contributed by atoms with E-state index < -0.39 is 15.9 Å². The Morgan fingerprint density at radius 3 is 2.45 bits per heavy atom. The normalized spacial score (nSPS) is 12.9. The predicted octanol–water partition coefficient (Wildman–Crippen LogP) is 2.94. The van der Waals surface area contributed by atoms with Gasteiger partial charge in [-0.1, -0.05) is 24.3 Å². The van der Waals surface area contributed by atoms with Gasteiger partial charge in [0.05, 0.1) is 11.0 Å². The zero-order valence-electron chi connectivity index (χ0n) is 11.3. The van der Waals surface area contributed by atoms with Crippen LogP contribution in [0.2, 0.25) is 0 Å². The van der Waals surface area contributed by atoms with Crippen molar-refractivity contribution in [3.05, 3.63) is 54.1 Å². The minimum Gasteiger partial charge on any atom is -0.457 e. The number of hydrogen-bond acceptors (Lipinski definition) is 4. The molecule has 0 aliphatic rings. The maximum atomic E-state index is 11.5. The van der Waals surface area contributed by atoms with Crippen molar-refractivity contribution in [2.75, 3.05) is 6.26 Å². The van der Waals surface area contributed by atoms with Crippen LogP contribution >= 0.6 is 0 Å². The van der Waals surface area contributed by atoms with Gasteiger partial charge in [0.15, 0.2) is 9.84 Å². The highest BCUT2D eigenvalue weighted by Gasteiger charge is 2.11. The molecule has 0 aromatic heterocycles. The lowest BCUT2D eigenvalue weighted by atomic mass is 10.1. The Labute approximate surface area is 118 Å². The number of para-hydroxylation sites is 1. The minimum absolute atomic E-state index is 0.199. The number of aliphatic hydroxyl groups is 1. The zero-order valence-corrected chi connectivity index (χ0v) is 12.1. The highest BCUT2D eigenvalue weighted by Crippen LogP contribution is 2.30. The average molecular weight is 292 g/mol. The third-order valence-corrected chi connectivity index (χ3v) is 3.94. The van der Waals surface area contributed by atoms with Crippen LogP contribution in [0.4, 0.5) is 0 Å². The molecule has 1 N–H and O–H groups in total. The van der Waals surface area contributed by atoms with Crippen LogP contribution in [0.5, 0.6) is 11.5 Å². The molecule has 0 saturated heterocycles. The summed E-state index contributed by atoms with van der Waals surface area (Å²) in [6.45, 7) is 1.65. The van der Waals surface area contributed by atoms with Crippen LogP contribution in [0.1, 0.15) is 18.6 Å². The Kier molecular flexibility index (Phi) is 4.11. The lowest BCUT2D eigenvalue weighted by molar-refractivity contribution is 0.195. The van der Waals surface area contributed by atoms with Gasteiger partial charge in [-0.15, -0.1) is 0 Å². The van der Waals surface area contributed by atoms with E-state index in [0.29, 0.717) is 17.1 Å². The van der Waals surface area contributed by atoms with Crippen molar-refractivity contribution in [3.8, 4) is 11.5 Å². The Morgan fingerprint density at radius 2 is 1.80 bits per heavy atom. The maximum Gasteiger partial charge on any atom is 0.175 e. The number of rotatable bonds is 4. The van der Waals surface area contributed by atoms with E-state index in [1.54, 1.807) is 37.3 Å². The second kappa shape index (κ2) is 5.64. The molecule has 2 aromatic carbocycles. The van der Waals surface area contributed by atoms with Crippen molar-refractivity contribution in [1.82, 2.24) is 0 Å². The van der Waals surface area contributed by atoms with E-state index in [1.807, 2.05) is 6.07 Å². The fourth-order valence-electron chi connectivity index (χ4n) is 1.81. The molecule has 0 amide bonds. The number of aliphatic hydroxyl groups excluding tert-OH is 1. The molecule has 0 spiro atoms. The topological polar surface area (TPSA) is 63.6 Å². The number of benzene rings is 2. The first-order valence-electron chi connectivity index (χ1n) is 6.13. The first-order valence-corrected chi connectivity index (χ1v) is 8.02. The van der Waals surface area contributed by atoms with Gasteiger partial charge in [-0.2, -0.15) is 0 Å². The van der Waals surface area contributed by atoms with Gasteiger partial charge in [-0.25, -0.2) is 8.42 Å². The smallest absolute Gasteiger partial charge is 0.175 e. The molecule has 0 heterocycles. The summed E-state index contributed by atoms with van der Waals surface area (Å²) < 4.78 is 28.7. The first kappa shape index (κ1) is 14.6. The monoisotopic (exact) mass is 292 g/mol. The molecule has 1 atom stereocenters. The first-order chi connectivity index (χ1) is 9.38. The molecule has 0 unspecified atom stereocenters. The van der Waals surface area contributed by atoms with Gasteiger partial charge in [0.2, 0.25) is 0 Å². The summed E-state index contributed by atoms with van der Waals surface area (Å²) in [5, 5.41) is 9.69. The Bertz CT molecular complexity index is 705. The highest BCUT2D eigenvalue weighted by atomic mass is 32.2. The quantitative estimate of drug-likeness (QED) is 0.941. The molecule has 0 bridgehead atoms. The molecule has 4 nitrogen and oxygen atoms in total. The third-order valence-electron chi connectivity index (χ3n) is 2.83. The molecule has 106 valence electrons. The van der Waals surface area contributed by atoms with Crippen LogP contribution in [-0.2, 0) is 9.84 Å². The van der Waals surface area contributed by atoms with Gasteiger partial charge in [-0.05, 0) is 31.2 Å².